The predicted molar refractivity (Wildman–Crippen MR) is 72.4 cm³/mol. The average Bonchev–Trinajstić information content (AvgIpc) is 2.84. The van der Waals surface area contributed by atoms with E-state index < -0.39 is 0 Å². The molecular formula is C11H10BrClN4O. The van der Waals surface area contributed by atoms with Crippen LogP contribution in [0.1, 0.15) is 6.42 Å². The van der Waals surface area contributed by atoms with Crippen molar-refractivity contribution < 1.29 is 4.79 Å². The molecule has 1 aromatic heterocycles. The van der Waals surface area contributed by atoms with E-state index in [0.29, 0.717) is 23.7 Å². The average molecular weight is 330 g/mol. The molecule has 0 saturated heterocycles. The Balaban J connectivity index is 1.92. The van der Waals surface area contributed by atoms with Crippen molar-refractivity contribution in [2.75, 3.05) is 5.32 Å². The zero-order valence-corrected chi connectivity index (χ0v) is 11.6. The molecule has 0 aliphatic heterocycles. The maximum Gasteiger partial charge on any atom is 0.226 e. The molecule has 0 spiro atoms. The van der Waals surface area contributed by atoms with Crippen LogP contribution in [-0.4, -0.2) is 20.7 Å². The fourth-order valence-corrected chi connectivity index (χ4v) is 1.90. The third-order valence-electron chi connectivity index (χ3n) is 2.24. The van der Waals surface area contributed by atoms with E-state index in [1.807, 2.05) is 6.07 Å². The number of rotatable bonds is 4. The van der Waals surface area contributed by atoms with Crippen LogP contribution in [0.4, 0.5) is 5.69 Å². The van der Waals surface area contributed by atoms with Crippen LogP contribution in [0.15, 0.2) is 35.3 Å². The summed E-state index contributed by atoms with van der Waals surface area (Å²) in [5.41, 5.74) is 0.592. The highest BCUT2D eigenvalue weighted by molar-refractivity contribution is 9.10. The van der Waals surface area contributed by atoms with Crippen LogP contribution in [-0.2, 0) is 11.3 Å². The van der Waals surface area contributed by atoms with Gasteiger partial charge in [-0.05, 0) is 18.2 Å². The van der Waals surface area contributed by atoms with Crippen LogP contribution < -0.4 is 5.32 Å². The Morgan fingerprint density at radius 1 is 1.50 bits per heavy atom. The number of aromatic nitrogens is 3. The second-order valence-electron chi connectivity index (χ2n) is 3.58. The number of hydrogen-bond acceptors (Lipinski definition) is 3. The predicted octanol–water partition coefficient (Wildman–Crippen LogP) is 2.72. The number of aryl methyl sites for hydroxylation is 1. The third kappa shape index (κ3) is 3.54. The van der Waals surface area contributed by atoms with Gasteiger partial charge in [0.2, 0.25) is 5.91 Å². The topological polar surface area (TPSA) is 59.8 Å². The summed E-state index contributed by atoms with van der Waals surface area (Å²) >= 11 is 9.30. The number of nitrogens with zero attached hydrogens (tertiary/aromatic N) is 3. The van der Waals surface area contributed by atoms with Crippen molar-refractivity contribution in [2.45, 2.75) is 13.0 Å². The molecule has 94 valence electrons. The van der Waals surface area contributed by atoms with Gasteiger partial charge in [-0.2, -0.15) is 5.10 Å². The molecule has 0 saturated carbocycles. The Bertz CT molecular complexity index is 544. The van der Waals surface area contributed by atoms with Gasteiger partial charge in [-0.25, -0.2) is 4.98 Å². The largest absolute Gasteiger partial charge is 0.325 e. The minimum Gasteiger partial charge on any atom is -0.325 e. The summed E-state index contributed by atoms with van der Waals surface area (Å²) in [5, 5.41) is 7.18. The summed E-state index contributed by atoms with van der Waals surface area (Å²) in [6.07, 6.45) is 3.31. The molecule has 0 bridgehead atoms. The molecular weight excluding hydrogens is 320 g/mol. The third-order valence-corrected chi connectivity index (χ3v) is 3.06. The Labute approximate surface area is 117 Å². The van der Waals surface area contributed by atoms with Crippen LogP contribution in [0.5, 0.6) is 0 Å². The van der Waals surface area contributed by atoms with Crippen LogP contribution in [0.25, 0.3) is 0 Å². The van der Waals surface area contributed by atoms with Crippen LogP contribution >= 0.6 is 27.5 Å². The van der Waals surface area contributed by atoms with Gasteiger partial charge < -0.3 is 5.32 Å². The Morgan fingerprint density at radius 2 is 2.33 bits per heavy atom. The minimum absolute atomic E-state index is 0.120. The van der Waals surface area contributed by atoms with Crippen molar-refractivity contribution in [3.8, 4) is 0 Å². The van der Waals surface area contributed by atoms with E-state index in [9.17, 15) is 4.79 Å². The van der Waals surface area contributed by atoms with Crippen molar-refractivity contribution >= 4 is 39.1 Å². The maximum atomic E-state index is 11.7. The van der Waals surface area contributed by atoms with Gasteiger partial charge in [0.25, 0.3) is 0 Å². The number of amides is 1. The summed E-state index contributed by atoms with van der Waals surface area (Å²) in [7, 11) is 0. The number of carbonyl (C=O) groups excluding carboxylic acids is 1. The first-order valence-electron chi connectivity index (χ1n) is 5.22. The Morgan fingerprint density at radius 3 is 3.06 bits per heavy atom. The summed E-state index contributed by atoms with van der Waals surface area (Å²) in [5.74, 6) is -0.120. The van der Waals surface area contributed by atoms with E-state index >= 15 is 0 Å². The van der Waals surface area contributed by atoms with Crippen molar-refractivity contribution in [1.29, 1.82) is 0 Å². The number of carbonyl (C=O) groups is 1. The van der Waals surface area contributed by atoms with Gasteiger partial charge in [0.15, 0.2) is 0 Å². The highest BCUT2D eigenvalue weighted by Gasteiger charge is 2.06. The number of hydrogen-bond donors (Lipinski definition) is 1. The summed E-state index contributed by atoms with van der Waals surface area (Å²) in [6.45, 7) is 0.484. The lowest BCUT2D eigenvalue weighted by Gasteiger charge is -2.07. The van der Waals surface area contributed by atoms with Crippen molar-refractivity contribution in [1.82, 2.24) is 14.8 Å². The van der Waals surface area contributed by atoms with Crippen molar-refractivity contribution in [3.05, 3.63) is 40.3 Å². The molecule has 0 fully saturated rings. The van der Waals surface area contributed by atoms with Crippen molar-refractivity contribution in [2.24, 2.45) is 0 Å². The zero-order chi connectivity index (χ0) is 13.0. The number of halogens is 2. The van der Waals surface area contributed by atoms with Crippen LogP contribution in [0.3, 0.4) is 0 Å². The molecule has 5 nitrogen and oxygen atoms in total. The Kier molecular flexibility index (Phi) is 4.33. The second-order valence-corrected chi connectivity index (χ2v) is 4.90. The standard InChI is InChI=1S/C11H10BrClN4O/c12-8-1-2-9(13)10(5-8)16-11(18)3-4-17-7-14-6-15-17/h1-2,5-7H,3-4H2,(H,16,18). The van der Waals surface area contributed by atoms with Gasteiger partial charge in [0.05, 0.1) is 17.3 Å². The molecule has 0 atom stereocenters. The number of anilines is 1. The first kappa shape index (κ1) is 13.0. The molecule has 2 rings (SSSR count). The minimum atomic E-state index is -0.120. The molecule has 1 aromatic carbocycles. The fourth-order valence-electron chi connectivity index (χ4n) is 1.37. The maximum absolute atomic E-state index is 11.7. The molecule has 1 amide bonds. The molecule has 1 heterocycles. The quantitative estimate of drug-likeness (QED) is 0.938. The van der Waals surface area contributed by atoms with Gasteiger partial charge in [-0.15, -0.1) is 0 Å². The molecule has 18 heavy (non-hydrogen) atoms. The number of nitrogens with one attached hydrogen (secondary N) is 1. The van der Waals surface area contributed by atoms with E-state index in [1.54, 1.807) is 23.1 Å². The lowest BCUT2D eigenvalue weighted by molar-refractivity contribution is -0.116. The highest BCUT2D eigenvalue weighted by atomic mass is 79.9. The molecule has 1 N–H and O–H groups in total. The van der Waals surface area contributed by atoms with Crippen molar-refractivity contribution in [3.63, 3.8) is 0 Å². The second kappa shape index (κ2) is 5.97. The summed E-state index contributed by atoms with van der Waals surface area (Å²) in [4.78, 5) is 15.5. The monoisotopic (exact) mass is 328 g/mol. The first-order chi connectivity index (χ1) is 8.65. The molecule has 7 heteroatoms. The molecule has 0 aliphatic carbocycles. The van der Waals surface area contributed by atoms with Gasteiger partial charge >= 0.3 is 0 Å². The SMILES string of the molecule is O=C(CCn1cncn1)Nc1cc(Br)ccc1Cl. The molecule has 0 aliphatic rings. The lowest BCUT2D eigenvalue weighted by Crippen LogP contribution is -2.15. The first-order valence-corrected chi connectivity index (χ1v) is 6.39. The van der Waals surface area contributed by atoms with E-state index in [1.165, 1.54) is 6.33 Å². The molecule has 2 aromatic rings. The lowest BCUT2D eigenvalue weighted by atomic mass is 10.3. The zero-order valence-electron chi connectivity index (χ0n) is 9.31. The van der Waals surface area contributed by atoms with E-state index in [2.05, 4.69) is 31.3 Å². The normalized spacial score (nSPS) is 10.3. The Hall–Kier alpha value is -1.40. The van der Waals surface area contributed by atoms with Crippen LogP contribution in [0.2, 0.25) is 5.02 Å². The van der Waals surface area contributed by atoms with E-state index in [-0.39, 0.29) is 5.91 Å². The van der Waals surface area contributed by atoms with Crippen LogP contribution in [0, 0.1) is 0 Å². The summed E-state index contributed by atoms with van der Waals surface area (Å²) < 4.78 is 2.46. The van der Waals surface area contributed by atoms with E-state index in [4.69, 9.17) is 11.6 Å². The van der Waals surface area contributed by atoms with Gasteiger partial charge in [0.1, 0.15) is 12.7 Å². The number of benzene rings is 1. The molecule has 0 radical (unpaired) electrons. The smallest absolute Gasteiger partial charge is 0.226 e. The molecule has 0 unspecified atom stereocenters. The van der Waals surface area contributed by atoms with E-state index in [0.717, 1.165) is 4.47 Å². The highest BCUT2D eigenvalue weighted by Crippen LogP contribution is 2.25. The van der Waals surface area contributed by atoms with Gasteiger partial charge in [-0.1, -0.05) is 27.5 Å². The fraction of sp³-hybridized carbons (Fsp3) is 0.182. The van der Waals surface area contributed by atoms with Gasteiger partial charge in [-0.3, -0.25) is 9.48 Å². The van der Waals surface area contributed by atoms with Gasteiger partial charge in [0, 0.05) is 10.9 Å². The summed E-state index contributed by atoms with van der Waals surface area (Å²) in [6, 6.07) is 5.29.